The molecule has 0 aliphatic carbocycles. The van der Waals surface area contributed by atoms with E-state index in [-0.39, 0.29) is 17.9 Å². The van der Waals surface area contributed by atoms with Gasteiger partial charge in [0, 0.05) is 6.61 Å². The number of carbonyl (C=O) groups excluding carboxylic acids is 1. The second-order valence-electron chi connectivity index (χ2n) is 6.20. The van der Waals surface area contributed by atoms with Gasteiger partial charge in [-0.1, -0.05) is 20.8 Å². The van der Waals surface area contributed by atoms with Crippen molar-refractivity contribution >= 4 is 6.09 Å². The van der Waals surface area contributed by atoms with Crippen molar-refractivity contribution in [1.82, 2.24) is 0 Å². The van der Waals surface area contributed by atoms with Crippen LogP contribution in [0, 0.1) is 11.3 Å². The molecule has 1 amide bonds. The Labute approximate surface area is 98.2 Å². The van der Waals surface area contributed by atoms with Crippen LogP contribution in [-0.2, 0) is 4.74 Å². The van der Waals surface area contributed by atoms with Crippen molar-refractivity contribution in [3.63, 3.8) is 0 Å². The summed E-state index contributed by atoms with van der Waals surface area (Å²) < 4.78 is 5.01. The zero-order chi connectivity index (χ0) is 13.0. The molecule has 0 aromatic carbocycles. The fourth-order valence-corrected chi connectivity index (χ4v) is 2.08. The van der Waals surface area contributed by atoms with Crippen molar-refractivity contribution in [3.05, 3.63) is 0 Å². The van der Waals surface area contributed by atoms with Gasteiger partial charge in [0.2, 0.25) is 0 Å². The second kappa shape index (κ2) is 5.53. The molecule has 0 saturated heterocycles. The number of hydrogen-bond donors (Lipinski definition) is 2. The van der Waals surface area contributed by atoms with Gasteiger partial charge in [-0.05, 0) is 38.0 Å². The molecule has 0 heterocycles. The monoisotopic (exact) mass is 231 g/mol. The highest BCUT2D eigenvalue weighted by Gasteiger charge is 2.28. The van der Waals surface area contributed by atoms with Crippen LogP contribution < -0.4 is 5.73 Å². The van der Waals surface area contributed by atoms with Gasteiger partial charge in [-0.25, -0.2) is 4.79 Å². The van der Waals surface area contributed by atoms with Gasteiger partial charge < -0.3 is 15.6 Å². The standard InChI is InChI=1S/C12H25NO3/c1-11(2,3)6-9(8-14)7-12(4,5)16-10(13)15/h9,14H,6-8H2,1-5H3,(H2,13,15)/t9-/m0/s1. The summed E-state index contributed by atoms with van der Waals surface area (Å²) in [5.41, 5.74) is 4.53. The van der Waals surface area contributed by atoms with Crippen LogP contribution in [0.15, 0.2) is 0 Å². The Morgan fingerprint density at radius 1 is 1.25 bits per heavy atom. The molecule has 0 aliphatic rings. The van der Waals surface area contributed by atoms with Crippen molar-refractivity contribution < 1.29 is 14.6 Å². The van der Waals surface area contributed by atoms with E-state index in [0.717, 1.165) is 6.42 Å². The first-order valence-electron chi connectivity index (χ1n) is 5.65. The molecular weight excluding hydrogens is 206 g/mol. The van der Waals surface area contributed by atoms with E-state index in [0.29, 0.717) is 6.42 Å². The van der Waals surface area contributed by atoms with Gasteiger partial charge in [-0.2, -0.15) is 0 Å². The Kier molecular flexibility index (Phi) is 5.26. The highest BCUT2D eigenvalue weighted by atomic mass is 16.6. The smallest absolute Gasteiger partial charge is 0.405 e. The first-order valence-corrected chi connectivity index (χ1v) is 5.65. The predicted octanol–water partition coefficient (Wildman–Crippen LogP) is 2.30. The van der Waals surface area contributed by atoms with E-state index >= 15 is 0 Å². The minimum absolute atomic E-state index is 0.100. The number of ether oxygens (including phenoxy) is 1. The van der Waals surface area contributed by atoms with Crippen molar-refractivity contribution in [2.45, 2.75) is 53.1 Å². The summed E-state index contributed by atoms with van der Waals surface area (Å²) in [6.45, 7) is 10.1. The van der Waals surface area contributed by atoms with Gasteiger partial charge in [-0.3, -0.25) is 0 Å². The molecule has 0 unspecified atom stereocenters. The Hall–Kier alpha value is -0.770. The van der Waals surface area contributed by atoms with E-state index in [1.54, 1.807) is 0 Å². The largest absolute Gasteiger partial charge is 0.444 e. The van der Waals surface area contributed by atoms with Crippen LogP contribution in [0.5, 0.6) is 0 Å². The van der Waals surface area contributed by atoms with Crippen molar-refractivity contribution in [2.75, 3.05) is 6.61 Å². The maximum atomic E-state index is 10.7. The normalized spacial score (nSPS) is 14.6. The maximum Gasteiger partial charge on any atom is 0.405 e. The molecule has 0 spiro atoms. The molecule has 16 heavy (non-hydrogen) atoms. The Balaban J connectivity index is 4.36. The Morgan fingerprint density at radius 3 is 2.06 bits per heavy atom. The number of aliphatic hydroxyl groups excluding tert-OH is 1. The number of primary amides is 1. The summed E-state index contributed by atoms with van der Waals surface area (Å²) in [6, 6.07) is 0. The average molecular weight is 231 g/mol. The molecule has 0 aromatic rings. The summed E-state index contributed by atoms with van der Waals surface area (Å²) in [7, 11) is 0. The second-order valence-corrected chi connectivity index (χ2v) is 6.20. The van der Waals surface area contributed by atoms with Crippen LogP contribution in [0.2, 0.25) is 0 Å². The Morgan fingerprint density at radius 2 is 1.75 bits per heavy atom. The van der Waals surface area contributed by atoms with Crippen LogP contribution in [0.4, 0.5) is 4.79 Å². The molecule has 96 valence electrons. The molecule has 3 N–H and O–H groups in total. The fraction of sp³-hybridized carbons (Fsp3) is 0.917. The van der Waals surface area contributed by atoms with Gasteiger partial charge in [0.1, 0.15) is 5.60 Å². The van der Waals surface area contributed by atoms with E-state index < -0.39 is 11.7 Å². The lowest BCUT2D eigenvalue weighted by Crippen LogP contribution is -2.35. The van der Waals surface area contributed by atoms with E-state index in [1.165, 1.54) is 0 Å². The molecule has 1 atom stereocenters. The predicted molar refractivity (Wildman–Crippen MR) is 64.0 cm³/mol. The molecule has 4 nitrogen and oxygen atoms in total. The third kappa shape index (κ3) is 7.51. The van der Waals surface area contributed by atoms with Crippen LogP contribution in [0.3, 0.4) is 0 Å². The zero-order valence-corrected chi connectivity index (χ0v) is 11.0. The summed E-state index contributed by atoms with van der Waals surface area (Å²) >= 11 is 0. The summed E-state index contributed by atoms with van der Waals surface area (Å²) in [4.78, 5) is 10.7. The highest BCUT2D eigenvalue weighted by Crippen LogP contribution is 2.30. The number of carbonyl (C=O) groups is 1. The molecule has 0 bridgehead atoms. The van der Waals surface area contributed by atoms with Gasteiger partial charge in [-0.15, -0.1) is 0 Å². The first-order chi connectivity index (χ1) is 7.06. The minimum atomic E-state index is -0.766. The fourth-order valence-electron chi connectivity index (χ4n) is 2.08. The first kappa shape index (κ1) is 15.2. The zero-order valence-electron chi connectivity index (χ0n) is 11.0. The number of nitrogens with two attached hydrogens (primary N) is 1. The van der Waals surface area contributed by atoms with Crippen molar-refractivity contribution in [2.24, 2.45) is 17.1 Å². The van der Waals surface area contributed by atoms with Crippen LogP contribution in [-0.4, -0.2) is 23.4 Å². The molecule has 0 saturated carbocycles. The molecule has 0 rings (SSSR count). The van der Waals surface area contributed by atoms with Crippen molar-refractivity contribution in [3.8, 4) is 0 Å². The third-order valence-electron chi connectivity index (χ3n) is 2.32. The quantitative estimate of drug-likeness (QED) is 0.762. The third-order valence-corrected chi connectivity index (χ3v) is 2.32. The van der Waals surface area contributed by atoms with Gasteiger partial charge in [0.25, 0.3) is 0 Å². The van der Waals surface area contributed by atoms with Crippen LogP contribution in [0.25, 0.3) is 0 Å². The van der Waals surface area contributed by atoms with E-state index in [9.17, 15) is 9.90 Å². The topological polar surface area (TPSA) is 72.6 Å². The number of rotatable bonds is 5. The summed E-state index contributed by atoms with van der Waals surface area (Å²) in [6.07, 6.45) is 0.733. The average Bonchev–Trinajstić information content (AvgIpc) is 1.96. The van der Waals surface area contributed by atoms with Crippen LogP contribution >= 0.6 is 0 Å². The van der Waals surface area contributed by atoms with E-state index in [4.69, 9.17) is 10.5 Å². The van der Waals surface area contributed by atoms with Crippen LogP contribution in [0.1, 0.15) is 47.5 Å². The lowest BCUT2D eigenvalue weighted by Gasteiger charge is -2.31. The lowest BCUT2D eigenvalue weighted by molar-refractivity contribution is 0.0119. The van der Waals surface area contributed by atoms with E-state index in [2.05, 4.69) is 20.8 Å². The van der Waals surface area contributed by atoms with Gasteiger partial charge >= 0.3 is 6.09 Å². The molecule has 0 radical (unpaired) electrons. The number of aliphatic hydroxyl groups is 1. The van der Waals surface area contributed by atoms with Gasteiger partial charge in [0.15, 0.2) is 0 Å². The van der Waals surface area contributed by atoms with Crippen molar-refractivity contribution in [1.29, 1.82) is 0 Å². The summed E-state index contributed by atoms with van der Waals surface area (Å²) in [5.74, 6) is 0.120. The van der Waals surface area contributed by atoms with Gasteiger partial charge in [0.05, 0.1) is 0 Å². The lowest BCUT2D eigenvalue weighted by atomic mass is 9.80. The molecule has 0 aromatic heterocycles. The number of amides is 1. The summed E-state index contributed by atoms with van der Waals surface area (Å²) in [5, 5.41) is 9.32. The minimum Gasteiger partial charge on any atom is -0.444 e. The highest BCUT2D eigenvalue weighted by molar-refractivity contribution is 5.65. The van der Waals surface area contributed by atoms with E-state index in [1.807, 2.05) is 13.8 Å². The molecular formula is C12H25NO3. The number of hydrogen-bond acceptors (Lipinski definition) is 3. The molecule has 0 aliphatic heterocycles. The molecule has 4 heteroatoms. The molecule has 0 fully saturated rings. The Bertz CT molecular complexity index is 231. The SMILES string of the molecule is CC(C)(C)C[C@H](CO)CC(C)(C)OC(N)=O. The maximum absolute atomic E-state index is 10.7.